The zero-order chi connectivity index (χ0) is 30.9. The number of carbonyl (C=O) groups is 2. The maximum absolute atomic E-state index is 14.0. The molecule has 4 saturated carbocycles. The molecular weight excluding hydrogens is 558 g/mol. The van der Waals surface area contributed by atoms with E-state index in [4.69, 9.17) is 0 Å². The third-order valence-electron chi connectivity index (χ3n) is 10.3. The fourth-order valence-electron chi connectivity index (χ4n) is 8.31. The molecule has 0 saturated heterocycles. The van der Waals surface area contributed by atoms with Gasteiger partial charge in [0.05, 0.1) is 11.9 Å². The van der Waals surface area contributed by atoms with Gasteiger partial charge in [0.1, 0.15) is 12.6 Å². The summed E-state index contributed by atoms with van der Waals surface area (Å²) in [7, 11) is -3.77. The van der Waals surface area contributed by atoms with Crippen LogP contribution in [0.5, 0.6) is 0 Å². The molecule has 6 rings (SSSR count). The number of carbonyl (C=O) groups excluding carboxylic acids is 2. The predicted molar refractivity (Wildman–Crippen MR) is 172 cm³/mol. The quantitative estimate of drug-likeness (QED) is 0.323. The Morgan fingerprint density at radius 1 is 0.907 bits per heavy atom. The second-order valence-electron chi connectivity index (χ2n) is 13.8. The van der Waals surface area contributed by atoms with Gasteiger partial charge in [0, 0.05) is 12.6 Å². The zero-order valence-electron chi connectivity index (χ0n) is 26.5. The summed E-state index contributed by atoms with van der Waals surface area (Å²) in [5, 5.41) is 3.02. The average molecular weight is 608 g/mol. The lowest BCUT2D eigenvalue weighted by Crippen LogP contribution is -2.53. The maximum atomic E-state index is 14.0. The molecule has 234 valence electrons. The molecule has 2 aromatic rings. The van der Waals surface area contributed by atoms with Gasteiger partial charge in [0.25, 0.3) is 0 Å². The molecule has 4 fully saturated rings. The van der Waals surface area contributed by atoms with Crippen molar-refractivity contribution in [3.05, 3.63) is 65.2 Å². The monoisotopic (exact) mass is 607 g/mol. The number of hydrogen-bond acceptors (Lipinski definition) is 4. The van der Waals surface area contributed by atoms with Crippen LogP contribution in [0.2, 0.25) is 0 Å². The molecule has 8 heteroatoms. The van der Waals surface area contributed by atoms with Crippen LogP contribution in [-0.2, 0) is 31.6 Å². The molecule has 2 amide bonds. The van der Waals surface area contributed by atoms with Gasteiger partial charge in [-0.2, -0.15) is 0 Å². The minimum absolute atomic E-state index is 0.0297. The minimum atomic E-state index is -3.77. The van der Waals surface area contributed by atoms with E-state index >= 15 is 0 Å². The first-order chi connectivity index (χ1) is 20.4. The molecule has 4 aliphatic carbocycles. The number of rotatable bonds is 12. The number of sulfonamides is 1. The van der Waals surface area contributed by atoms with Crippen molar-refractivity contribution in [2.45, 2.75) is 103 Å². The van der Waals surface area contributed by atoms with Gasteiger partial charge in [-0.1, -0.05) is 55.8 Å². The van der Waals surface area contributed by atoms with Crippen LogP contribution in [0.4, 0.5) is 5.69 Å². The summed E-state index contributed by atoms with van der Waals surface area (Å²) in [5.41, 5.74) is 3.99. The highest BCUT2D eigenvalue weighted by atomic mass is 32.2. The molecule has 4 aliphatic rings. The SMILES string of the molecule is CC[C@H](C)NC(=O)[C@H](CC)N(Cc1ccc(C)cc1)C(=O)CN(c1ccc(C23CC4CC(CC(C4)C2)C3)cc1)S(C)(=O)=O. The van der Waals surface area contributed by atoms with Gasteiger partial charge in [-0.05, 0) is 112 Å². The second kappa shape index (κ2) is 12.6. The van der Waals surface area contributed by atoms with Gasteiger partial charge >= 0.3 is 0 Å². The number of amides is 2. The standard InChI is InChI=1S/C35H49N3O4S/c1-6-25(4)36-34(40)32(7-2)37(22-26-10-8-24(3)9-11-26)33(39)23-38(43(5,41)42)31-14-12-30(13-15-31)35-19-27-16-28(20-35)18-29(17-27)21-35/h8-15,25,27-29,32H,6-7,16-23H2,1-5H3,(H,36,40)/t25-,27?,28?,29?,32-,35?/m0/s1. The van der Waals surface area contributed by atoms with E-state index < -0.39 is 22.0 Å². The molecule has 4 bridgehead atoms. The predicted octanol–water partition coefficient (Wildman–Crippen LogP) is 5.95. The molecule has 43 heavy (non-hydrogen) atoms. The molecule has 2 atom stereocenters. The number of nitrogens with zero attached hydrogens (tertiary/aromatic N) is 2. The van der Waals surface area contributed by atoms with Crippen molar-refractivity contribution in [1.29, 1.82) is 0 Å². The summed E-state index contributed by atoms with van der Waals surface area (Å²) in [6, 6.07) is 15.1. The van der Waals surface area contributed by atoms with Crippen LogP contribution in [0.3, 0.4) is 0 Å². The van der Waals surface area contributed by atoms with Crippen molar-refractivity contribution in [3.8, 4) is 0 Å². The first-order valence-electron chi connectivity index (χ1n) is 16.1. The largest absolute Gasteiger partial charge is 0.352 e. The summed E-state index contributed by atoms with van der Waals surface area (Å²) in [5.74, 6) is 1.84. The zero-order valence-corrected chi connectivity index (χ0v) is 27.3. The lowest BCUT2D eigenvalue weighted by Gasteiger charge is -2.57. The molecule has 0 aromatic heterocycles. The smallest absolute Gasteiger partial charge is 0.244 e. The summed E-state index contributed by atoms with van der Waals surface area (Å²) in [6.07, 6.45) is 10.1. The molecule has 2 aromatic carbocycles. The van der Waals surface area contributed by atoms with E-state index in [1.165, 1.54) is 48.4 Å². The number of hydrogen-bond donors (Lipinski definition) is 1. The minimum Gasteiger partial charge on any atom is -0.352 e. The number of aryl methyl sites for hydroxylation is 1. The van der Waals surface area contributed by atoms with E-state index in [2.05, 4.69) is 17.4 Å². The lowest BCUT2D eigenvalue weighted by molar-refractivity contribution is -0.140. The number of nitrogens with one attached hydrogen (secondary N) is 1. The lowest BCUT2D eigenvalue weighted by atomic mass is 9.48. The topological polar surface area (TPSA) is 86.8 Å². The Labute approximate surface area is 258 Å². The Morgan fingerprint density at radius 2 is 1.47 bits per heavy atom. The van der Waals surface area contributed by atoms with E-state index in [1.54, 1.807) is 4.90 Å². The van der Waals surface area contributed by atoms with Gasteiger partial charge in [-0.25, -0.2) is 8.42 Å². The highest BCUT2D eigenvalue weighted by molar-refractivity contribution is 7.92. The van der Waals surface area contributed by atoms with Crippen LogP contribution in [0, 0.1) is 24.7 Å². The Kier molecular flexibility index (Phi) is 9.26. The number of benzene rings is 2. The van der Waals surface area contributed by atoms with Crippen LogP contribution in [0.15, 0.2) is 48.5 Å². The van der Waals surface area contributed by atoms with Gasteiger partial charge in [0.15, 0.2) is 0 Å². The normalized spacial score (nSPS) is 25.7. The van der Waals surface area contributed by atoms with E-state index in [9.17, 15) is 18.0 Å². The molecule has 0 spiro atoms. The van der Waals surface area contributed by atoms with Crippen LogP contribution >= 0.6 is 0 Å². The highest BCUT2D eigenvalue weighted by Gasteiger charge is 2.51. The first-order valence-corrected chi connectivity index (χ1v) is 18.0. The van der Waals surface area contributed by atoms with Crippen molar-refractivity contribution in [2.75, 3.05) is 17.1 Å². The molecule has 0 heterocycles. The second-order valence-corrected chi connectivity index (χ2v) is 15.7. The average Bonchev–Trinajstić information content (AvgIpc) is 2.95. The molecule has 7 nitrogen and oxygen atoms in total. The summed E-state index contributed by atoms with van der Waals surface area (Å²) < 4.78 is 27.4. The van der Waals surface area contributed by atoms with E-state index in [0.29, 0.717) is 12.1 Å². The fourth-order valence-corrected chi connectivity index (χ4v) is 9.16. The third kappa shape index (κ3) is 6.95. The van der Waals surface area contributed by atoms with Gasteiger partial charge in [-0.15, -0.1) is 0 Å². The van der Waals surface area contributed by atoms with Crippen molar-refractivity contribution >= 4 is 27.5 Å². The van der Waals surface area contributed by atoms with Crippen LogP contribution in [-0.4, -0.2) is 50.0 Å². The summed E-state index contributed by atoms with van der Waals surface area (Å²) in [6.45, 7) is 7.67. The van der Waals surface area contributed by atoms with Gasteiger partial charge < -0.3 is 10.2 Å². The van der Waals surface area contributed by atoms with Crippen LogP contribution in [0.1, 0.15) is 88.8 Å². The Balaban J connectivity index is 1.40. The van der Waals surface area contributed by atoms with E-state index in [1.807, 2.05) is 64.1 Å². The number of anilines is 1. The van der Waals surface area contributed by atoms with Crippen molar-refractivity contribution < 1.29 is 18.0 Å². The molecule has 1 N–H and O–H groups in total. The van der Waals surface area contributed by atoms with Crippen LogP contribution in [0.25, 0.3) is 0 Å². The summed E-state index contributed by atoms with van der Waals surface area (Å²) in [4.78, 5) is 28.9. The van der Waals surface area contributed by atoms with E-state index in [-0.39, 0.29) is 30.5 Å². The molecule has 0 aliphatic heterocycles. The van der Waals surface area contributed by atoms with Crippen molar-refractivity contribution in [3.63, 3.8) is 0 Å². The molecule has 0 radical (unpaired) electrons. The Hall–Kier alpha value is -2.87. The Bertz CT molecular complexity index is 1370. The Morgan fingerprint density at radius 3 is 1.95 bits per heavy atom. The highest BCUT2D eigenvalue weighted by Crippen LogP contribution is 2.60. The molecular formula is C35H49N3O4S. The maximum Gasteiger partial charge on any atom is 0.244 e. The summed E-state index contributed by atoms with van der Waals surface area (Å²) >= 11 is 0. The van der Waals surface area contributed by atoms with E-state index in [0.717, 1.165) is 41.6 Å². The third-order valence-corrected chi connectivity index (χ3v) is 11.5. The van der Waals surface area contributed by atoms with Gasteiger partial charge in [0.2, 0.25) is 21.8 Å². The van der Waals surface area contributed by atoms with Crippen molar-refractivity contribution in [2.24, 2.45) is 17.8 Å². The van der Waals surface area contributed by atoms with Crippen molar-refractivity contribution in [1.82, 2.24) is 10.2 Å². The first kappa shape index (κ1) is 31.6. The molecule has 0 unspecified atom stereocenters. The van der Waals surface area contributed by atoms with Gasteiger partial charge in [-0.3, -0.25) is 13.9 Å². The fraction of sp³-hybridized carbons (Fsp3) is 0.600. The van der Waals surface area contributed by atoms with Crippen LogP contribution < -0.4 is 9.62 Å².